The number of halogens is 2. The fourth-order valence-electron chi connectivity index (χ4n) is 3.07. The largest absolute Gasteiger partial charge is 0.434 e. The van der Waals surface area contributed by atoms with Gasteiger partial charge in [0.25, 0.3) is 0 Å². The first-order valence-electron chi connectivity index (χ1n) is 8.69. The smallest absolute Gasteiger partial charge is 0.387 e. The van der Waals surface area contributed by atoms with Gasteiger partial charge in [-0.1, -0.05) is 48.5 Å². The van der Waals surface area contributed by atoms with Gasteiger partial charge in [0, 0.05) is 25.7 Å². The molecule has 2 aromatic rings. The Morgan fingerprint density at radius 3 is 2.58 bits per heavy atom. The number of benzene rings is 2. The highest BCUT2D eigenvalue weighted by Gasteiger charge is 2.37. The molecule has 0 aromatic heterocycles. The predicted molar refractivity (Wildman–Crippen MR) is 98.6 cm³/mol. The van der Waals surface area contributed by atoms with Crippen LogP contribution in [0.15, 0.2) is 59.6 Å². The van der Waals surface area contributed by atoms with Crippen LogP contribution in [0.1, 0.15) is 23.5 Å². The van der Waals surface area contributed by atoms with Crippen LogP contribution < -0.4 is 15.4 Å². The topological polar surface area (TPSA) is 45.7 Å². The third-order valence-electron chi connectivity index (χ3n) is 4.54. The third kappa shape index (κ3) is 4.94. The second-order valence-corrected chi connectivity index (χ2v) is 6.31. The lowest BCUT2D eigenvalue weighted by atomic mass is 10.1. The summed E-state index contributed by atoms with van der Waals surface area (Å²) in [4.78, 5) is 4.20. The fourth-order valence-corrected chi connectivity index (χ4v) is 3.07. The number of para-hydroxylation sites is 1. The van der Waals surface area contributed by atoms with Crippen molar-refractivity contribution in [1.82, 2.24) is 10.6 Å². The van der Waals surface area contributed by atoms with E-state index in [0.717, 1.165) is 6.54 Å². The second kappa shape index (κ2) is 8.65. The van der Waals surface area contributed by atoms with E-state index >= 15 is 0 Å². The number of guanidine groups is 1. The summed E-state index contributed by atoms with van der Waals surface area (Å²) in [6, 6.07) is 17.2. The van der Waals surface area contributed by atoms with Crippen molar-refractivity contribution in [2.45, 2.75) is 25.5 Å². The molecule has 1 aliphatic rings. The molecule has 138 valence electrons. The number of hydrogen-bond acceptors (Lipinski definition) is 2. The summed E-state index contributed by atoms with van der Waals surface area (Å²) in [5, 5.41) is 6.46. The lowest BCUT2D eigenvalue weighted by Gasteiger charge is -2.14. The van der Waals surface area contributed by atoms with Crippen molar-refractivity contribution in [3.63, 3.8) is 0 Å². The Bertz CT molecular complexity index is 737. The first kappa shape index (κ1) is 18.2. The maximum atomic E-state index is 12.5. The van der Waals surface area contributed by atoms with E-state index in [9.17, 15) is 8.78 Å². The summed E-state index contributed by atoms with van der Waals surface area (Å²) in [7, 11) is 1.69. The molecule has 0 bridgehead atoms. The minimum atomic E-state index is -2.83. The lowest BCUT2D eigenvalue weighted by molar-refractivity contribution is -0.0504. The van der Waals surface area contributed by atoms with Crippen molar-refractivity contribution in [3.05, 3.63) is 65.7 Å². The summed E-state index contributed by atoms with van der Waals surface area (Å²) >= 11 is 0. The zero-order valence-electron chi connectivity index (χ0n) is 14.7. The van der Waals surface area contributed by atoms with Crippen molar-refractivity contribution >= 4 is 5.96 Å². The summed E-state index contributed by atoms with van der Waals surface area (Å²) in [5.41, 5.74) is 2.03. The van der Waals surface area contributed by atoms with E-state index < -0.39 is 6.61 Å². The van der Waals surface area contributed by atoms with Gasteiger partial charge in [-0.3, -0.25) is 4.99 Å². The van der Waals surface area contributed by atoms with E-state index in [0.29, 0.717) is 29.9 Å². The number of hydrogen-bond donors (Lipinski definition) is 2. The molecule has 0 radical (unpaired) electrons. The zero-order valence-corrected chi connectivity index (χ0v) is 14.7. The van der Waals surface area contributed by atoms with Crippen LogP contribution in [0.3, 0.4) is 0 Å². The molecule has 0 aliphatic heterocycles. The van der Waals surface area contributed by atoms with Crippen molar-refractivity contribution in [1.29, 1.82) is 0 Å². The van der Waals surface area contributed by atoms with Gasteiger partial charge in [-0.05, 0) is 29.9 Å². The monoisotopic (exact) mass is 359 g/mol. The molecule has 26 heavy (non-hydrogen) atoms. The SMILES string of the molecule is CN=C(NCc1ccccc1OC(F)F)NCC1CC1c1ccccc1. The summed E-state index contributed by atoms with van der Waals surface area (Å²) in [6.07, 6.45) is 1.17. The third-order valence-corrected chi connectivity index (χ3v) is 4.54. The molecule has 2 atom stereocenters. The minimum Gasteiger partial charge on any atom is -0.434 e. The number of alkyl halides is 2. The Morgan fingerprint density at radius 1 is 1.12 bits per heavy atom. The molecule has 0 heterocycles. The maximum absolute atomic E-state index is 12.5. The molecule has 1 saturated carbocycles. The van der Waals surface area contributed by atoms with Gasteiger partial charge in [0.2, 0.25) is 0 Å². The van der Waals surface area contributed by atoms with Gasteiger partial charge in [0.1, 0.15) is 5.75 Å². The average molecular weight is 359 g/mol. The summed E-state index contributed by atoms with van der Waals surface area (Å²) in [6.45, 7) is -1.65. The summed E-state index contributed by atoms with van der Waals surface area (Å²) in [5.74, 6) is 2.01. The summed E-state index contributed by atoms with van der Waals surface area (Å²) < 4.78 is 29.5. The number of nitrogens with one attached hydrogen (secondary N) is 2. The van der Waals surface area contributed by atoms with Crippen LogP contribution >= 0.6 is 0 Å². The Labute approximate surface area is 152 Å². The maximum Gasteiger partial charge on any atom is 0.387 e. The molecule has 1 aliphatic carbocycles. The van der Waals surface area contributed by atoms with Crippen LogP contribution in [-0.2, 0) is 6.54 Å². The first-order chi connectivity index (χ1) is 12.7. The molecule has 2 unspecified atom stereocenters. The van der Waals surface area contributed by atoms with Crippen LogP contribution in [0, 0.1) is 5.92 Å². The van der Waals surface area contributed by atoms with Crippen molar-refractivity contribution in [2.24, 2.45) is 10.9 Å². The number of aliphatic imine (C=N–C) groups is 1. The quantitative estimate of drug-likeness (QED) is 0.585. The van der Waals surface area contributed by atoms with Crippen LogP contribution in [0.25, 0.3) is 0 Å². The van der Waals surface area contributed by atoms with E-state index in [1.807, 2.05) is 6.07 Å². The van der Waals surface area contributed by atoms with Gasteiger partial charge in [0.05, 0.1) is 0 Å². The number of rotatable bonds is 7. The Balaban J connectivity index is 1.48. The van der Waals surface area contributed by atoms with E-state index in [1.54, 1.807) is 25.2 Å². The standard InChI is InChI=1S/C20H23F2N3O/c1-23-20(24-12-15-9-5-6-10-18(15)26-19(21)22)25-13-16-11-17(16)14-7-3-2-4-8-14/h2-10,16-17,19H,11-13H2,1H3,(H2,23,24,25). The van der Waals surface area contributed by atoms with Crippen LogP contribution in [0.2, 0.25) is 0 Å². The van der Waals surface area contributed by atoms with E-state index in [4.69, 9.17) is 0 Å². The molecule has 0 amide bonds. The molecule has 1 fully saturated rings. The molecule has 2 N–H and O–H groups in total. The number of ether oxygens (including phenoxy) is 1. The van der Waals surface area contributed by atoms with Gasteiger partial charge >= 0.3 is 6.61 Å². The highest BCUT2D eigenvalue weighted by molar-refractivity contribution is 5.79. The van der Waals surface area contributed by atoms with Gasteiger partial charge in [-0.25, -0.2) is 0 Å². The lowest BCUT2D eigenvalue weighted by Crippen LogP contribution is -2.38. The van der Waals surface area contributed by atoms with Crippen LogP contribution in [0.4, 0.5) is 8.78 Å². The van der Waals surface area contributed by atoms with Gasteiger partial charge in [0.15, 0.2) is 5.96 Å². The normalized spacial score (nSPS) is 19.3. The minimum absolute atomic E-state index is 0.178. The van der Waals surface area contributed by atoms with Gasteiger partial charge in [-0.2, -0.15) is 8.78 Å². The van der Waals surface area contributed by atoms with Gasteiger partial charge < -0.3 is 15.4 Å². The first-order valence-corrected chi connectivity index (χ1v) is 8.69. The predicted octanol–water partition coefficient (Wildman–Crippen LogP) is 3.76. The van der Waals surface area contributed by atoms with Crippen molar-refractivity contribution in [2.75, 3.05) is 13.6 Å². The van der Waals surface area contributed by atoms with Crippen molar-refractivity contribution < 1.29 is 13.5 Å². The second-order valence-electron chi connectivity index (χ2n) is 6.31. The Kier molecular flexibility index (Phi) is 6.04. The molecule has 0 saturated heterocycles. The van der Waals surface area contributed by atoms with Gasteiger partial charge in [-0.15, -0.1) is 0 Å². The Morgan fingerprint density at radius 2 is 1.85 bits per heavy atom. The van der Waals surface area contributed by atoms with E-state index in [1.165, 1.54) is 18.1 Å². The average Bonchev–Trinajstić information content (AvgIpc) is 3.43. The molecule has 3 rings (SSSR count). The zero-order chi connectivity index (χ0) is 18.4. The van der Waals surface area contributed by atoms with E-state index in [2.05, 4.69) is 44.6 Å². The molecule has 6 heteroatoms. The number of nitrogens with zero attached hydrogens (tertiary/aromatic N) is 1. The van der Waals surface area contributed by atoms with E-state index in [-0.39, 0.29) is 5.75 Å². The molecule has 2 aromatic carbocycles. The van der Waals surface area contributed by atoms with Crippen LogP contribution in [0.5, 0.6) is 5.75 Å². The molecular weight excluding hydrogens is 336 g/mol. The fraction of sp³-hybridized carbons (Fsp3) is 0.350. The highest BCUT2D eigenvalue weighted by Crippen LogP contribution is 2.46. The highest BCUT2D eigenvalue weighted by atomic mass is 19.3. The van der Waals surface area contributed by atoms with Crippen molar-refractivity contribution in [3.8, 4) is 5.75 Å². The molecule has 4 nitrogen and oxygen atoms in total. The van der Waals surface area contributed by atoms with Crippen LogP contribution in [-0.4, -0.2) is 26.2 Å². The molecule has 0 spiro atoms. The molecular formula is C20H23F2N3O. The Hall–Kier alpha value is -2.63.